The van der Waals surface area contributed by atoms with Crippen molar-refractivity contribution in [1.82, 2.24) is 4.90 Å². The Bertz CT molecular complexity index is 1500. The lowest BCUT2D eigenvalue weighted by atomic mass is 10.00. The molecule has 8 nitrogen and oxygen atoms in total. The molecule has 3 aromatic carbocycles. The molecule has 0 spiro atoms. The van der Waals surface area contributed by atoms with Crippen molar-refractivity contribution in [3.63, 3.8) is 0 Å². The highest BCUT2D eigenvalue weighted by atomic mass is 35.5. The number of phenolic OH excluding ortho intramolecular Hbond substituents is 1. The van der Waals surface area contributed by atoms with Crippen molar-refractivity contribution in [1.29, 1.82) is 0 Å². The first kappa shape index (κ1) is 27.2. The normalized spacial score (nSPS) is 11.1. The number of hydrogen-bond acceptors (Lipinski definition) is 5. The van der Waals surface area contributed by atoms with Gasteiger partial charge in [0.25, 0.3) is 17.7 Å². The van der Waals surface area contributed by atoms with E-state index in [9.17, 15) is 23.7 Å². The number of carbonyl (C=O) groups excluding carboxylic acids is 3. The highest BCUT2D eigenvalue weighted by molar-refractivity contribution is 7.92. The molecule has 188 valence electrons. The number of phenols is 1. The van der Waals surface area contributed by atoms with Crippen molar-refractivity contribution in [2.24, 2.45) is 4.36 Å². The van der Waals surface area contributed by atoms with Crippen LogP contribution in [0.2, 0.25) is 10.0 Å². The molecule has 0 radical (unpaired) electrons. The van der Waals surface area contributed by atoms with Gasteiger partial charge in [0, 0.05) is 57.6 Å². The highest BCUT2D eigenvalue weighted by Gasteiger charge is 2.24. The monoisotopic (exact) mass is 547 g/mol. The molecule has 0 saturated carbocycles. The highest BCUT2D eigenvalue weighted by Crippen LogP contribution is 2.32. The van der Waals surface area contributed by atoms with Gasteiger partial charge in [0.2, 0.25) is 0 Å². The lowest BCUT2D eigenvalue weighted by molar-refractivity contribution is 0.0821. The summed E-state index contributed by atoms with van der Waals surface area (Å²) in [7, 11) is 0.144. The molecule has 0 aliphatic heterocycles. The minimum atomic E-state index is -2.81. The zero-order chi connectivity index (χ0) is 26.8. The number of amides is 3. The van der Waals surface area contributed by atoms with Crippen molar-refractivity contribution in [2.75, 3.05) is 31.9 Å². The van der Waals surface area contributed by atoms with Crippen LogP contribution in [-0.2, 0) is 9.73 Å². The summed E-state index contributed by atoms with van der Waals surface area (Å²) in [5.41, 5.74) is 1.18. The molecule has 11 heteroatoms. The summed E-state index contributed by atoms with van der Waals surface area (Å²) in [5.74, 6) is -2.81. The van der Waals surface area contributed by atoms with Crippen LogP contribution in [0.15, 0.2) is 59.0 Å². The number of aromatic hydroxyl groups is 1. The van der Waals surface area contributed by atoms with Crippen molar-refractivity contribution in [3.8, 4) is 16.9 Å². The van der Waals surface area contributed by atoms with E-state index < -0.39 is 33.2 Å². The summed E-state index contributed by atoms with van der Waals surface area (Å²) in [6.07, 6.45) is 2.53. The number of anilines is 1. The molecule has 36 heavy (non-hydrogen) atoms. The number of nitrogens with zero attached hydrogens (tertiary/aromatic N) is 2. The lowest BCUT2D eigenvalue weighted by Crippen LogP contribution is -2.26. The summed E-state index contributed by atoms with van der Waals surface area (Å²) < 4.78 is 15.5. The minimum absolute atomic E-state index is 0.135. The Labute approximate surface area is 219 Å². The van der Waals surface area contributed by atoms with Gasteiger partial charge >= 0.3 is 0 Å². The molecule has 0 saturated heterocycles. The van der Waals surface area contributed by atoms with Gasteiger partial charge in [0.15, 0.2) is 0 Å². The molecule has 3 amide bonds. The average molecular weight is 548 g/mol. The third kappa shape index (κ3) is 6.42. The fourth-order valence-electron chi connectivity index (χ4n) is 3.30. The van der Waals surface area contributed by atoms with E-state index in [0.29, 0.717) is 26.9 Å². The molecule has 0 aromatic heterocycles. The molecule has 0 heterocycles. The van der Waals surface area contributed by atoms with Gasteiger partial charge in [-0.2, -0.15) is 4.36 Å². The van der Waals surface area contributed by atoms with E-state index in [1.54, 1.807) is 42.5 Å². The minimum Gasteiger partial charge on any atom is -0.507 e. The second-order valence-corrected chi connectivity index (χ2v) is 11.7. The van der Waals surface area contributed by atoms with E-state index in [4.69, 9.17) is 23.2 Å². The van der Waals surface area contributed by atoms with Crippen LogP contribution in [0.3, 0.4) is 0 Å². The number of nitrogens with one attached hydrogen (secondary N) is 1. The zero-order valence-corrected chi connectivity index (χ0v) is 22.2. The van der Waals surface area contributed by atoms with Gasteiger partial charge in [-0.3, -0.25) is 14.4 Å². The van der Waals surface area contributed by atoms with Crippen LogP contribution >= 0.6 is 23.2 Å². The SMILES string of the molecule is CN(C)C(=O)c1cc(C(=O)N=S(C)(C)=O)c(O)cc1C(=O)Nc1cccc(-c2ccc(Cl)cc2Cl)c1. The molecule has 0 aliphatic rings. The molecule has 0 atom stereocenters. The Morgan fingerprint density at radius 3 is 2.25 bits per heavy atom. The molecule has 0 aliphatic carbocycles. The number of benzene rings is 3. The second kappa shape index (κ2) is 10.7. The van der Waals surface area contributed by atoms with Crippen LogP contribution in [0.25, 0.3) is 11.1 Å². The molecule has 2 N–H and O–H groups in total. The van der Waals surface area contributed by atoms with Gasteiger partial charge in [-0.1, -0.05) is 41.4 Å². The first-order valence-electron chi connectivity index (χ1n) is 10.4. The standard InChI is InChI=1S/C25H23Cl2N3O5S/c1-30(2)25(34)19-12-20(24(33)29-36(3,4)35)22(31)13-18(19)23(32)28-16-7-5-6-14(10-16)17-9-8-15(26)11-21(17)27/h5-13,31H,1-4H3,(H,28,32). The van der Waals surface area contributed by atoms with Gasteiger partial charge < -0.3 is 15.3 Å². The number of halogens is 2. The first-order chi connectivity index (χ1) is 16.8. The molecule has 0 unspecified atom stereocenters. The van der Waals surface area contributed by atoms with Crippen LogP contribution in [-0.4, -0.2) is 58.5 Å². The molecular weight excluding hydrogens is 525 g/mol. The van der Waals surface area contributed by atoms with Crippen LogP contribution < -0.4 is 5.32 Å². The Balaban J connectivity index is 2.03. The van der Waals surface area contributed by atoms with E-state index >= 15 is 0 Å². The summed E-state index contributed by atoms with van der Waals surface area (Å²) >= 11 is 12.3. The zero-order valence-electron chi connectivity index (χ0n) is 19.8. The van der Waals surface area contributed by atoms with E-state index in [-0.39, 0.29) is 16.7 Å². The average Bonchev–Trinajstić information content (AvgIpc) is 2.77. The largest absolute Gasteiger partial charge is 0.507 e. The summed E-state index contributed by atoms with van der Waals surface area (Å²) in [4.78, 5) is 39.7. The first-order valence-corrected chi connectivity index (χ1v) is 13.5. The van der Waals surface area contributed by atoms with Gasteiger partial charge in [-0.05, 0) is 42.0 Å². The van der Waals surface area contributed by atoms with Crippen molar-refractivity contribution in [2.45, 2.75) is 0 Å². The van der Waals surface area contributed by atoms with Gasteiger partial charge in [0.05, 0.1) is 16.7 Å². The smallest absolute Gasteiger partial charge is 0.288 e. The van der Waals surface area contributed by atoms with Gasteiger partial charge in [0.1, 0.15) is 5.75 Å². The molecule has 3 rings (SSSR count). The Morgan fingerprint density at radius 1 is 0.944 bits per heavy atom. The molecular formula is C25H23Cl2N3O5S. The van der Waals surface area contributed by atoms with Crippen molar-refractivity contribution < 1.29 is 23.7 Å². The van der Waals surface area contributed by atoms with E-state index in [0.717, 1.165) is 12.1 Å². The maximum Gasteiger partial charge on any atom is 0.288 e. The maximum absolute atomic E-state index is 13.2. The Morgan fingerprint density at radius 2 is 1.64 bits per heavy atom. The van der Waals surface area contributed by atoms with Gasteiger partial charge in [-0.25, -0.2) is 4.21 Å². The summed E-state index contributed by atoms with van der Waals surface area (Å²) in [6.45, 7) is 0. The van der Waals surface area contributed by atoms with E-state index in [2.05, 4.69) is 9.68 Å². The van der Waals surface area contributed by atoms with Crippen LogP contribution in [0.4, 0.5) is 5.69 Å². The number of carbonyl (C=O) groups is 3. The van der Waals surface area contributed by atoms with Crippen molar-refractivity contribution >= 4 is 56.3 Å². The van der Waals surface area contributed by atoms with Gasteiger partial charge in [-0.15, -0.1) is 0 Å². The fourth-order valence-corrected chi connectivity index (χ4v) is 4.32. The topological polar surface area (TPSA) is 116 Å². The summed E-state index contributed by atoms with van der Waals surface area (Å²) in [5, 5.41) is 14.1. The predicted octanol–water partition coefficient (Wildman–Crippen LogP) is 5.19. The molecule has 3 aromatic rings. The second-order valence-electron chi connectivity index (χ2n) is 8.35. The van der Waals surface area contributed by atoms with E-state index in [1.165, 1.54) is 31.5 Å². The van der Waals surface area contributed by atoms with Crippen LogP contribution in [0.1, 0.15) is 31.1 Å². The van der Waals surface area contributed by atoms with Crippen LogP contribution in [0, 0.1) is 0 Å². The lowest BCUT2D eigenvalue weighted by Gasteiger charge is -2.16. The maximum atomic E-state index is 13.2. The third-order valence-electron chi connectivity index (χ3n) is 4.91. The fraction of sp³-hybridized carbons (Fsp3) is 0.160. The summed E-state index contributed by atoms with van der Waals surface area (Å²) in [6, 6.07) is 14.0. The van der Waals surface area contributed by atoms with Crippen molar-refractivity contribution in [3.05, 3.63) is 81.3 Å². The predicted molar refractivity (Wildman–Crippen MR) is 143 cm³/mol. The Kier molecular flexibility index (Phi) is 8.08. The molecule has 0 bridgehead atoms. The van der Waals surface area contributed by atoms with Crippen LogP contribution in [0.5, 0.6) is 5.75 Å². The molecule has 0 fully saturated rings. The number of rotatable bonds is 5. The number of hydrogen-bond donors (Lipinski definition) is 2. The Hall–Kier alpha value is -3.40. The quantitative estimate of drug-likeness (QED) is 0.456. The third-order valence-corrected chi connectivity index (χ3v) is 6.07. The van der Waals surface area contributed by atoms with E-state index in [1.807, 2.05) is 0 Å².